The van der Waals surface area contributed by atoms with Gasteiger partial charge < -0.3 is 42.3 Å². The van der Waals surface area contributed by atoms with Gasteiger partial charge in [0.15, 0.2) is 17.8 Å². The number of aliphatic hydroxyl groups is 5. The minimum absolute atomic E-state index is 0.101. The average Bonchev–Trinajstić information content (AvgIpc) is 2.60. The molecule has 0 saturated carbocycles. The number of hydrogen-bond donors (Lipinski definition) is 8. The summed E-state index contributed by atoms with van der Waals surface area (Å²) in [5.41, 5.74) is 10.4. The molecule has 26 heavy (non-hydrogen) atoms. The van der Waals surface area contributed by atoms with Gasteiger partial charge in [0.1, 0.15) is 18.3 Å². The second kappa shape index (κ2) is 11.8. The fourth-order valence-electron chi connectivity index (χ4n) is 2.13. The van der Waals surface area contributed by atoms with E-state index in [1.165, 1.54) is 0 Å². The number of hydrogen-bond acceptors (Lipinski definition) is 8. The Morgan fingerprint density at radius 2 is 1.65 bits per heavy atom. The van der Waals surface area contributed by atoms with E-state index in [1.54, 1.807) is 13.8 Å². The zero-order valence-corrected chi connectivity index (χ0v) is 14.9. The van der Waals surface area contributed by atoms with Crippen LogP contribution in [0.1, 0.15) is 26.7 Å². The summed E-state index contributed by atoms with van der Waals surface area (Å²) in [7, 11) is 0. The SMILES string of the molecule is CC(C)C(=O)C(CCCN=C(N)N)NC(=O)[C@@H](O)[C@@H](O)[C@@H](O)[C@@H](O)CO. The average molecular weight is 378 g/mol. The van der Waals surface area contributed by atoms with Gasteiger partial charge in [-0.3, -0.25) is 14.6 Å². The van der Waals surface area contributed by atoms with Crippen molar-refractivity contribution in [2.24, 2.45) is 22.4 Å². The Morgan fingerprint density at radius 3 is 2.12 bits per heavy atom. The predicted octanol–water partition coefficient (Wildman–Crippen LogP) is -3.81. The van der Waals surface area contributed by atoms with Crippen LogP contribution >= 0.6 is 0 Å². The zero-order chi connectivity index (χ0) is 20.4. The first kappa shape index (κ1) is 24.2. The van der Waals surface area contributed by atoms with E-state index in [4.69, 9.17) is 16.6 Å². The van der Waals surface area contributed by atoms with E-state index in [0.29, 0.717) is 6.42 Å². The molecule has 10 N–H and O–H groups in total. The van der Waals surface area contributed by atoms with E-state index in [-0.39, 0.29) is 24.7 Å². The second-order valence-electron chi connectivity index (χ2n) is 6.24. The monoisotopic (exact) mass is 378 g/mol. The Balaban J connectivity index is 4.93. The molecule has 0 spiro atoms. The summed E-state index contributed by atoms with van der Waals surface area (Å²) in [5, 5.41) is 49.4. The van der Waals surface area contributed by atoms with Crippen molar-refractivity contribution in [3.8, 4) is 0 Å². The highest BCUT2D eigenvalue weighted by atomic mass is 16.4. The van der Waals surface area contributed by atoms with Crippen LogP contribution in [0.3, 0.4) is 0 Å². The topological polar surface area (TPSA) is 212 Å². The quantitative estimate of drug-likeness (QED) is 0.0948. The Kier molecular flexibility index (Phi) is 10.9. The summed E-state index contributed by atoms with van der Waals surface area (Å²) < 4.78 is 0. The van der Waals surface area contributed by atoms with Crippen LogP contribution in [0.5, 0.6) is 0 Å². The summed E-state index contributed by atoms with van der Waals surface area (Å²) >= 11 is 0. The van der Waals surface area contributed by atoms with Crippen LogP contribution in [-0.4, -0.2) is 86.8 Å². The molecule has 0 aromatic carbocycles. The van der Waals surface area contributed by atoms with Crippen LogP contribution in [0.15, 0.2) is 4.99 Å². The molecule has 0 aliphatic rings. The Bertz CT molecular complexity index is 483. The maximum atomic E-state index is 12.2. The predicted molar refractivity (Wildman–Crippen MR) is 92.8 cm³/mol. The maximum Gasteiger partial charge on any atom is 0.252 e. The van der Waals surface area contributed by atoms with Gasteiger partial charge in [0.2, 0.25) is 0 Å². The summed E-state index contributed by atoms with van der Waals surface area (Å²) in [6.45, 7) is 2.66. The number of ketones is 1. The molecule has 0 saturated heterocycles. The number of carbonyl (C=O) groups excluding carboxylic acids is 2. The molecule has 0 aliphatic carbocycles. The molecule has 0 rings (SSSR count). The molecule has 0 aromatic rings. The number of Topliss-reactive ketones (excluding diaryl/α,β-unsaturated/α-hetero) is 1. The summed E-state index contributed by atoms with van der Waals surface area (Å²) in [6, 6.07) is -0.946. The number of aliphatic imine (C=N–C) groups is 1. The van der Waals surface area contributed by atoms with Gasteiger partial charge in [0.25, 0.3) is 5.91 Å². The van der Waals surface area contributed by atoms with Crippen LogP contribution in [0.25, 0.3) is 0 Å². The number of nitrogens with two attached hydrogens (primary N) is 2. The molecule has 152 valence electrons. The van der Waals surface area contributed by atoms with Gasteiger partial charge in [-0.15, -0.1) is 0 Å². The van der Waals surface area contributed by atoms with E-state index in [1.807, 2.05) is 0 Å². The van der Waals surface area contributed by atoms with E-state index >= 15 is 0 Å². The number of amides is 1. The zero-order valence-electron chi connectivity index (χ0n) is 14.9. The summed E-state index contributed by atoms with van der Waals surface area (Å²) in [4.78, 5) is 28.1. The smallest absolute Gasteiger partial charge is 0.252 e. The van der Waals surface area contributed by atoms with Crippen molar-refractivity contribution in [1.29, 1.82) is 0 Å². The maximum absolute atomic E-state index is 12.2. The van der Waals surface area contributed by atoms with Crippen molar-refractivity contribution in [2.45, 2.75) is 57.1 Å². The van der Waals surface area contributed by atoms with Crippen molar-refractivity contribution in [2.75, 3.05) is 13.2 Å². The number of carbonyl (C=O) groups is 2. The number of nitrogens with zero attached hydrogens (tertiary/aromatic N) is 1. The number of rotatable bonds is 12. The van der Waals surface area contributed by atoms with Crippen LogP contribution in [0, 0.1) is 5.92 Å². The molecule has 0 fully saturated rings. The highest BCUT2D eigenvalue weighted by Gasteiger charge is 2.35. The van der Waals surface area contributed by atoms with Crippen molar-refractivity contribution < 1.29 is 35.1 Å². The number of guanidine groups is 1. The van der Waals surface area contributed by atoms with E-state index in [9.17, 15) is 30.0 Å². The van der Waals surface area contributed by atoms with Gasteiger partial charge in [-0.1, -0.05) is 13.8 Å². The van der Waals surface area contributed by atoms with Crippen LogP contribution in [0.2, 0.25) is 0 Å². The molecule has 0 aromatic heterocycles. The number of aliphatic hydroxyl groups excluding tert-OH is 5. The highest BCUT2D eigenvalue weighted by Crippen LogP contribution is 2.10. The van der Waals surface area contributed by atoms with E-state index < -0.39 is 48.9 Å². The third-order valence-corrected chi connectivity index (χ3v) is 3.70. The van der Waals surface area contributed by atoms with Gasteiger partial charge in [-0.05, 0) is 12.8 Å². The van der Waals surface area contributed by atoms with E-state index in [0.717, 1.165) is 0 Å². The minimum atomic E-state index is -2.11. The molecule has 11 heteroatoms. The van der Waals surface area contributed by atoms with Crippen LogP contribution in [-0.2, 0) is 9.59 Å². The van der Waals surface area contributed by atoms with E-state index in [2.05, 4.69) is 10.3 Å². The minimum Gasteiger partial charge on any atom is -0.394 e. The third-order valence-electron chi connectivity index (χ3n) is 3.70. The Hall–Kier alpha value is -1.79. The molecule has 1 unspecified atom stereocenters. The highest BCUT2D eigenvalue weighted by molar-refractivity contribution is 5.91. The van der Waals surface area contributed by atoms with Gasteiger partial charge >= 0.3 is 0 Å². The first-order valence-electron chi connectivity index (χ1n) is 8.25. The van der Waals surface area contributed by atoms with Crippen molar-refractivity contribution in [1.82, 2.24) is 5.32 Å². The molecule has 0 bridgehead atoms. The lowest BCUT2D eigenvalue weighted by molar-refractivity contribution is -0.150. The fraction of sp³-hybridized carbons (Fsp3) is 0.800. The molecule has 11 nitrogen and oxygen atoms in total. The molecule has 0 radical (unpaired) electrons. The van der Waals surface area contributed by atoms with Gasteiger partial charge in [0.05, 0.1) is 12.6 Å². The first-order valence-corrected chi connectivity index (χ1v) is 8.25. The summed E-state index contributed by atoms with van der Waals surface area (Å²) in [6.07, 6.45) is -7.25. The largest absolute Gasteiger partial charge is 0.394 e. The van der Waals surface area contributed by atoms with Crippen LogP contribution in [0.4, 0.5) is 0 Å². The normalized spacial score (nSPS) is 17.1. The molecule has 0 heterocycles. The van der Waals surface area contributed by atoms with Crippen molar-refractivity contribution in [3.05, 3.63) is 0 Å². The summed E-state index contributed by atoms with van der Waals surface area (Å²) in [5.74, 6) is -1.88. The van der Waals surface area contributed by atoms with Crippen molar-refractivity contribution in [3.63, 3.8) is 0 Å². The van der Waals surface area contributed by atoms with Crippen molar-refractivity contribution >= 4 is 17.6 Å². The molecular formula is C15H30N4O7. The third kappa shape index (κ3) is 8.06. The van der Waals surface area contributed by atoms with Crippen LogP contribution < -0.4 is 16.8 Å². The molecule has 5 atom stereocenters. The first-order chi connectivity index (χ1) is 12.0. The van der Waals surface area contributed by atoms with Gasteiger partial charge in [0, 0.05) is 12.5 Å². The lowest BCUT2D eigenvalue weighted by Crippen LogP contribution is -2.54. The Morgan fingerprint density at radius 1 is 1.08 bits per heavy atom. The van der Waals surface area contributed by atoms with Gasteiger partial charge in [-0.2, -0.15) is 0 Å². The number of nitrogens with one attached hydrogen (secondary N) is 1. The van der Waals surface area contributed by atoms with Gasteiger partial charge in [-0.25, -0.2) is 0 Å². The molecule has 1 amide bonds. The lowest BCUT2D eigenvalue weighted by Gasteiger charge is -2.27. The Labute approximate surface area is 151 Å². The standard InChI is InChI=1S/C15H30N4O7/c1-7(2)10(22)8(4-3-5-18-15(16)17)19-14(26)13(25)12(24)11(23)9(21)6-20/h7-9,11-13,20-21,23-25H,3-6H2,1-2H3,(H,19,26)(H4,16,17,18)/t8?,9-,11-,12-,13-/m0/s1. The fourth-order valence-corrected chi connectivity index (χ4v) is 2.13. The lowest BCUT2D eigenvalue weighted by atomic mass is 9.96. The molecule has 0 aliphatic heterocycles. The molecular weight excluding hydrogens is 348 g/mol. The second-order valence-corrected chi connectivity index (χ2v) is 6.24.